The van der Waals surface area contributed by atoms with Crippen molar-refractivity contribution in [3.63, 3.8) is 0 Å². The summed E-state index contributed by atoms with van der Waals surface area (Å²) < 4.78 is 62.9. The molecule has 3 atom stereocenters. The predicted octanol–water partition coefficient (Wildman–Crippen LogP) is 4.64. The number of nitrogens with two attached hydrogens (primary N) is 1. The molecule has 0 aliphatic heterocycles. The number of aliphatic hydroxyl groups excluding tert-OH is 1. The molecule has 2 aromatic carbocycles. The Bertz CT molecular complexity index is 1820. The number of hydrogen-bond donors (Lipinski definition) is 6. The van der Waals surface area contributed by atoms with Crippen LogP contribution < -0.4 is 16.4 Å². The molecule has 0 fully saturated rings. The Morgan fingerprint density at radius 1 is 0.965 bits per heavy atom. The van der Waals surface area contributed by atoms with Gasteiger partial charge < -0.3 is 41.2 Å². The van der Waals surface area contributed by atoms with Gasteiger partial charge in [-0.2, -0.15) is 13.2 Å². The van der Waals surface area contributed by atoms with E-state index in [4.69, 9.17) is 15.6 Å². The van der Waals surface area contributed by atoms with Crippen LogP contribution in [0.15, 0.2) is 60.8 Å². The molecule has 0 bridgehead atoms. The second-order valence-corrected chi connectivity index (χ2v) is 14.6. The van der Waals surface area contributed by atoms with E-state index in [-0.39, 0.29) is 61.5 Å². The van der Waals surface area contributed by atoms with Gasteiger partial charge in [-0.15, -0.1) is 0 Å². The maximum atomic E-state index is 15.0. The first-order chi connectivity index (χ1) is 26.6. The average Bonchev–Trinajstić information content (AvgIpc) is 3.54. The Balaban J connectivity index is 0.00000146. The Kier molecular flexibility index (Phi) is 18.9. The van der Waals surface area contributed by atoms with Crippen LogP contribution >= 0.6 is 15.9 Å². The van der Waals surface area contributed by atoms with Crippen LogP contribution in [-0.2, 0) is 30.5 Å². The average molecular weight is 877 g/mol. The van der Waals surface area contributed by atoms with Crippen molar-refractivity contribution in [1.29, 1.82) is 0 Å². The molecular formula is C38H47BrF5N5O8. The fraction of sp³-hybridized carbons (Fsp3) is 0.447. The van der Waals surface area contributed by atoms with Crippen LogP contribution in [0.5, 0.6) is 0 Å². The summed E-state index contributed by atoms with van der Waals surface area (Å²) in [5, 5.41) is 32.2. The number of aliphatic hydroxyl groups is 1. The van der Waals surface area contributed by atoms with Gasteiger partial charge in [0.1, 0.15) is 24.3 Å². The van der Waals surface area contributed by atoms with Crippen molar-refractivity contribution < 1.29 is 61.2 Å². The van der Waals surface area contributed by atoms with E-state index in [0.29, 0.717) is 17.8 Å². The number of nitrogens with zero attached hydrogens (tertiary/aromatic N) is 2. The number of Topliss-reactive ketones (excluding diaryl/α,β-unsaturated/α-hetero) is 1. The maximum absolute atomic E-state index is 15.0. The van der Waals surface area contributed by atoms with Crippen molar-refractivity contribution in [2.24, 2.45) is 11.1 Å². The largest absolute Gasteiger partial charge is 0.490 e. The lowest BCUT2D eigenvalue weighted by Gasteiger charge is -2.41. The molecule has 0 aliphatic carbocycles. The minimum atomic E-state index is -5.08. The number of benzene rings is 2. The second-order valence-electron chi connectivity index (χ2n) is 14.0. The smallest absolute Gasteiger partial charge is 0.480 e. The highest BCUT2D eigenvalue weighted by atomic mass is 79.9. The fourth-order valence-corrected chi connectivity index (χ4v) is 5.95. The topological polar surface area (TPSA) is 204 Å². The zero-order chi connectivity index (χ0) is 43.1. The summed E-state index contributed by atoms with van der Waals surface area (Å²) in [6, 6.07) is 12.2. The van der Waals surface area contributed by atoms with Crippen LogP contribution in [0.3, 0.4) is 0 Å². The predicted molar refractivity (Wildman–Crippen MR) is 203 cm³/mol. The number of hydrogen-bond acceptors (Lipinski definition) is 8. The van der Waals surface area contributed by atoms with Gasteiger partial charge in [0.05, 0.1) is 17.9 Å². The molecule has 7 N–H and O–H groups in total. The van der Waals surface area contributed by atoms with Gasteiger partial charge in [-0.1, -0.05) is 67.0 Å². The molecule has 0 radical (unpaired) electrons. The van der Waals surface area contributed by atoms with Crippen LogP contribution in [0.25, 0.3) is 11.1 Å². The normalized spacial score (nSPS) is 13.1. The van der Waals surface area contributed by atoms with Gasteiger partial charge in [-0.25, -0.2) is 13.6 Å². The minimum absolute atomic E-state index is 0.0149. The van der Waals surface area contributed by atoms with E-state index < -0.39 is 65.8 Å². The van der Waals surface area contributed by atoms with Crippen LogP contribution in [0.1, 0.15) is 57.3 Å². The van der Waals surface area contributed by atoms with Crippen molar-refractivity contribution in [3.8, 4) is 11.1 Å². The summed E-state index contributed by atoms with van der Waals surface area (Å²) in [6.45, 7) is 5.33. The van der Waals surface area contributed by atoms with Crippen LogP contribution in [0.4, 0.5) is 22.0 Å². The minimum Gasteiger partial charge on any atom is -0.480 e. The number of carboxylic acid groups (broad SMARTS) is 2. The Hall–Kier alpha value is -4.72. The summed E-state index contributed by atoms with van der Waals surface area (Å²) in [5.41, 5.74) is 7.84. The van der Waals surface area contributed by atoms with Gasteiger partial charge in [0.2, 0.25) is 11.8 Å². The molecule has 314 valence electrons. The molecule has 13 nitrogen and oxygen atoms in total. The van der Waals surface area contributed by atoms with Crippen molar-refractivity contribution in [3.05, 3.63) is 83.7 Å². The van der Waals surface area contributed by atoms with E-state index in [1.54, 1.807) is 12.3 Å². The summed E-state index contributed by atoms with van der Waals surface area (Å²) in [6.07, 6.45) is -3.22. The summed E-state index contributed by atoms with van der Waals surface area (Å²) >= 11 is 2.99. The van der Waals surface area contributed by atoms with Gasteiger partial charge >= 0.3 is 18.1 Å². The lowest BCUT2D eigenvalue weighted by molar-refractivity contribution is -0.192. The molecule has 3 aromatic rings. The first-order valence-electron chi connectivity index (χ1n) is 17.5. The van der Waals surface area contributed by atoms with Gasteiger partial charge in [-0.3, -0.25) is 19.2 Å². The van der Waals surface area contributed by atoms with Gasteiger partial charge in [0, 0.05) is 55.1 Å². The number of carboxylic acids is 2. The van der Waals surface area contributed by atoms with E-state index in [9.17, 15) is 51.3 Å². The molecule has 19 heteroatoms. The monoisotopic (exact) mass is 875 g/mol. The third kappa shape index (κ3) is 16.0. The molecule has 1 heterocycles. The zero-order valence-corrected chi connectivity index (χ0v) is 33.1. The highest BCUT2D eigenvalue weighted by Crippen LogP contribution is 2.41. The van der Waals surface area contributed by atoms with Gasteiger partial charge in [-0.05, 0) is 48.1 Å². The van der Waals surface area contributed by atoms with Crippen molar-refractivity contribution in [2.75, 3.05) is 31.6 Å². The zero-order valence-electron chi connectivity index (χ0n) is 31.5. The number of carbonyl (C=O) groups excluding carboxylic acids is 3. The van der Waals surface area contributed by atoms with Crippen molar-refractivity contribution >= 4 is 45.5 Å². The van der Waals surface area contributed by atoms with Crippen LogP contribution in [0.2, 0.25) is 0 Å². The van der Waals surface area contributed by atoms with E-state index in [1.165, 1.54) is 4.90 Å². The quantitative estimate of drug-likeness (QED) is 0.0728. The molecule has 0 aliphatic rings. The number of rotatable bonds is 19. The number of aromatic nitrogens is 1. The van der Waals surface area contributed by atoms with Crippen molar-refractivity contribution in [2.45, 2.75) is 70.9 Å². The number of amides is 2. The van der Waals surface area contributed by atoms with Crippen molar-refractivity contribution in [1.82, 2.24) is 20.1 Å². The third-order valence-electron chi connectivity index (χ3n) is 8.46. The SMILES string of the molecule is CC(C)(C)[C@H](c1cc(-c2cc(F)ccc2F)cn1Cc1ccccc1)N(CC[C@H](N)CN[C@H](CCC(=O)CNC(=O)CBr)C(=O)O)C(=O)CO.O=C(O)C(F)(F)F. The number of nitrogens with one attached hydrogen (secondary N) is 2. The first kappa shape index (κ1) is 48.4. The summed E-state index contributed by atoms with van der Waals surface area (Å²) in [7, 11) is 0. The summed E-state index contributed by atoms with van der Waals surface area (Å²) in [4.78, 5) is 59.2. The molecule has 0 saturated carbocycles. The van der Waals surface area contributed by atoms with Crippen LogP contribution in [-0.4, -0.2) is 104 Å². The fourth-order valence-electron chi connectivity index (χ4n) is 5.75. The molecule has 0 unspecified atom stereocenters. The molecular weight excluding hydrogens is 829 g/mol. The molecule has 0 spiro atoms. The highest BCUT2D eigenvalue weighted by molar-refractivity contribution is 9.09. The Morgan fingerprint density at radius 3 is 2.14 bits per heavy atom. The number of alkyl halides is 4. The molecule has 1 aromatic heterocycles. The number of carbonyl (C=O) groups is 5. The second kappa shape index (κ2) is 22.3. The number of aliphatic carboxylic acids is 2. The first-order valence-corrected chi connectivity index (χ1v) is 18.7. The van der Waals surface area contributed by atoms with Crippen LogP contribution in [0, 0.1) is 17.0 Å². The van der Waals surface area contributed by atoms with Gasteiger partial charge in [0.15, 0.2) is 5.78 Å². The molecule has 0 saturated heterocycles. The van der Waals surface area contributed by atoms with Gasteiger partial charge in [0.25, 0.3) is 0 Å². The Labute approximate surface area is 334 Å². The molecule has 3 rings (SSSR count). The molecule has 2 amide bonds. The summed E-state index contributed by atoms with van der Waals surface area (Å²) in [5.74, 6) is -6.36. The maximum Gasteiger partial charge on any atom is 0.490 e. The highest BCUT2D eigenvalue weighted by Gasteiger charge is 2.39. The van der Waals surface area contributed by atoms with E-state index in [1.807, 2.05) is 55.7 Å². The lowest BCUT2D eigenvalue weighted by Crippen LogP contribution is -2.47. The number of ketones is 1. The Morgan fingerprint density at radius 2 is 1.60 bits per heavy atom. The lowest BCUT2D eigenvalue weighted by atomic mass is 9.82. The third-order valence-corrected chi connectivity index (χ3v) is 8.97. The standard InChI is InChI=1S/C36H46BrF2N5O6.C2HF3O2/c1-36(2,3)34(31-15-24(28-16-25(38)9-11-29(28)39)21-43(31)20-23-7-5-4-6-8-23)44(33(48)22-45)14-13-26(40)18-41-30(35(49)50)12-10-27(46)19-42-32(47)17-37;3-2(4,5)1(6)7/h4-9,11,15-16,21,26,30,34,41,45H,10,12-14,17-20,22,40H2,1-3H3,(H,42,47)(H,49,50);(H,6,7)/t26-,30+,34-;/m0./s1. The van der Waals surface area contributed by atoms with E-state index in [0.717, 1.165) is 23.8 Å². The number of halogens is 6. The van der Waals surface area contributed by atoms with E-state index in [2.05, 4.69) is 26.6 Å². The molecule has 57 heavy (non-hydrogen) atoms. The van der Waals surface area contributed by atoms with E-state index >= 15 is 0 Å².